The fourth-order valence-corrected chi connectivity index (χ4v) is 4.38. The molecule has 7 heteroatoms. The second kappa shape index (κ2) is 7.31. The molecule has 2 amide bonds. The molecule has 1 saturated heterocycles. The number of nitrogens with one attached hydrogen (secondary N) is 1. The second-order valence-electron chi connectivity index (χ2n) is 5.54. The fourth-order valence-electron chi connectivity index (χ4n) is 2.49. The molecule has 23 heavy (non-hydrogen) atoms. The molecule has 0 aliphatic carbocycles. The fraction of sp³-hybridized carbons (Fsp3) is 0.438. The summed E-state index contributed by atoms with van der Waals surface area (Å²) in [5.74, 6) is 0.996. The van der Waals surface area contributed by atoms with E-state index in [0.29, 0.717) is 11.8 Å². The molecule has 2 heterocycles. The Hall–Kier alpha value is -1.60. The van der Waals surface area contributed by atoms with Crippen LogP contribution in [0.1, 0.15) is 18.9 Å². The molecule has 0 saturated carbocycles. The molecular weight excluding hydrogens is 328 g/mol. The average Bonchev–Trinajstić information content (AvgIpc) is 3.05. The standard InChI is InChI=1S/C16H20N4OS2/c1-11-12(2)22-9-8-20(11)16(21)17-10-14-18-19-15(23-14)13-6-4-3-5-7-13/h3-7,11-12H,8-10H2,1-2H3,(H,17,21)/t11-,12-/m1/s1. The number of nitrogens with zero attached hydrogens (tertiary/aromatic N) is 3. The van der Waals surface area contributed by atoms with E-state index in [9.17, 15) is 4.79 Å². The van der Waals surface area contributed by atoms with Crippen molar-refractivity contribution in [3.05, 3.63) is 35.3 Å². The van der Waals surface area contributed by atoms with Gasteiger partial charge < -0.3 is 10.2 Å². The summed E-state index contributed by atoms with van der Waals surface area (Å²) in [7, 11) is 0. The maximum atomic E-state index is 12.4. The first kappa shape index (κ1) is 16.3. The van der Waals surface area contributed by atoms with Gasteiger partial charge in [-0.1, -0.05) is 48.6 Å². The number of thioether (sulfide) groups is 1. The van der Waals surface area contributed by atoms with Crippen molar-refractivity contribution in [3.8, 4) is 10.6 Å². The van der Waals surface area contributed by atoms with E-state index in [1.165, 1.54) is 11.3 Å². The van der Waals surface area contributed by atoms with Gasteiger partial charge in [-0.25, -0.2) is 4.79 Å². The van der Waals surface area contributed by atoms with Gasteiger partial charge in [0.05, 0.1) is 6.54 Å². The molecule has 0 spiro atoms. The number of aromatic nitrogens is 2. The predicted molar refractivity (Wildman–Crippen MR) is 95.7 cm³/mol. The van der Waals surface area contributed by atoms with Crippen LogP contribution in [-0.2, 0) is 6.54 Å². The first-order valence-corrected chi connectivity index (χ1v) is 9.55. The molecule has 5 nitrogen and oxygen atoms in total. The molecule has 3 rings (SSSR count). The summed E-state index contributed by atoms with van der Waals surface area (Å²) < 4.78 is 0. The number of hydrogen-bond acceptors (Lipinski definition) is 5. The Morgan fingerprint density at radius 3 is 2.87 bits per heavy atom. The van der Waals surface area contributed by atoms with Crippen LogP contribution in [0.4, 0.5) is 4.79 Å². The van der Waals surface area contributed by atoms with E-state index >= 15 is 0 Å². The van der Waals surface area contributed by atoms with Crippen LogP contribution in [0.2, 0.25) is 0 Å². The van der Waals surface area contributed by atoms with Gasteiger partial charge in [-0.2, -0.15) is 11.8 Å². The highest BCUT2D eigenvalue weighted by Crippen LogP contribution is 2.25. The van der Waals surface area contributed by atoms with Gasteiger partial charge in [0.2, 0.25) is 0 Å². The van der Waals surface area contributed by atoms with Crippen molar-refractivity contribution >= 4 is 29.1 Å². The zero-order chi connectivity index (χ0) is 16.2. The van der Waals surface area contributed by atoms with Gasteiger partial charge in [0, 0.05) is 29.2 Å². The summed E-state index contributed by atoms with van der Waals surface area (Å²) in [5, 5.41) is 13.5. The summed E-state index contributed by atoms with van der Waals surface area (Å²) in [5.41, 5.74) is 1.05. The largest absolute Gasteiger partial charge is 0.331 e. The molecule has 1 aliphatic rings. The summed E-state index contributed by atoms with van der Waals surface area (Å²) in [4.78, 5) is 14.3. The number of rotatable bonds is 3. The quantitative estimate of drug-likeness (QED) is 0.925. The minimum Gasteiger partial charge on any atom is -0.331 e. The molecular formula is C16H20N4OS2. The van der Waals surface area contributed by atoms with Crippen LogP contribution < -0.4 is 5.32 Å². The van der Waals surface area contributed by atoms with Crippen molar-refractivity contribution in [2.24, 2.45) is 0 Å². The minimum atomic E-state index is -0.0129. The van der Waals surface area contributed by atoms with Crippen LogP contribution in [0.25, 0.3) is 10.6 Å². The van der Waals surface area contributed by atoms with Crippen molar-refractivity contribution in [1.82, 2.24) is 20.4 Å². The van der Waals surface area contributed by atoms with Crippen LogP contribution in [0.5, 0.6) is 0 Å². The van der Waals surface area contributed by atoms with Gasteiger partial charge in [0.25, 0.3) is 0 Å². The third-order valence-electron chi connectivity index (χ3n) is 4.02. The van der Waals surface area contributed by atoms with Crippen molar-refractivity contribution < 1.29 is 4.79 Å². The maximum Gasteiger partial charge on any atom is 0.318 e. The molecule has 0 bridgehead atoms. The monoisotopic (exact) mass is 348 g/mol. The van der Waals surface area contributed by atoms with Crippen molar-refractivity contribution in [2.75, 3.05) is 12.3 Å². The number of carbonyl (C=O) groups excluding carboxylic acids is 1. The molecule has 2 atom stereocenters. The molecule has 2 aromatic rings. The number of carbonyl (C=O) groups is 1. The highest BCUT2D eigenvalue weighted by Gasteiger charge is 2.28. The van der Waals surface area contributed by atoms with Crippen molar-refractivity contribution in [2.45, 2.75) is 31.7 Å². The van der Waals surface area contributed by atoms with E-state index in [4.69, 9.17) is 0 Å². The van der Waals surface area contributed by atoms with Crippen LogP contribution in [0.3, 0.4) is 0 Å². The van der Waals surface area contributed by atoms with Crippen LogP contribution >= 0.6 is 23.1 Å². The Labute approximate surface area is 144 Å². The van der Waals surface area contributed by atoms with E-state index < -0.39 is 0 Å². The first-order valence-electron chi connectivity index (χ1n) is 7.69. The molecule has 0 unspecified atom stereocenters. The topological polar surface area (TPSA) is 58.1 Å². The SMILES string of the molecule is C[C@@H]1[C@@H](C)SCCN1C(=O)NCc1nnc(-c2ccccc2)s1. The van der Waals surface area contributed by atoms with E-state index in [1.54, 1.807) is 0 Å². The summed E-state index contributed by atoms with van der Waals surface area (Å²) >= 11 is 3.44. The van der Waals surface area contributed by atoms with Gasteiger partial charge in [-0.3, -0.25) is 0 Å². The highest BCUT2D eigenvalue weighted by molar-refractivity contribution is 8.00. The highest BCUT2D eigenvalue weighted by atomic mass is 32.2. The number of hydrogen-bond donors (Lipinski definition) is 1. The Morgan fingerprint density at radius 2 is 2.09 bits per heavy atom. The second-order valence-corrected chi connectivity index (χ2v) is 8.08. The number of urea groups is 1. The summed E-state index contributed by atoms with van der Waals surface area (Å²) in [6.45, 7) is 5.50. The minimum absolute atomic E-state index is 0.0129. The lowest BCUT2D eigenvalue weighted by molar-refractivity contribution is 0.180. The Morgan fingerprint density at radius 1 is 1.30 bits per heavy atom. The molecule has 1 aliphatic heterocycles. The number of amides is 2. The Balaban J connectivity index is 1.58. The lowest BCUT2D eigenvalue weighted by Gasteiger charge is -2.37. The number of benzene rings is 1. The zero-order valence-corrected chi connectivity index (χ0v) is 14.9. The lowest BCUT2D eigenvalue weighted by atomic mass is 10.2. The van der Waals surface area contributed by atoms with Gasteiger partial charge in [-0.15, -0.1) is 10.2 Å². The van der Waals surface area contributed by atoms with Gasteiger partial charge in [0.1, 0.15) is 10.0 Å². The average molecular weight is 348 g/mol. The van der Waals surface area contributed by atoms with E-state index in [-0.39, 0.29) is 12.1 Å². The van der Waals surface area contributed by atoms with Crippen molar-refractivity contribution in [1.29, 1.82) is 0 Å². The predicted octanol–water partition coefficient (Wildman–Crippen LogP) is 3.24. The van der Waals surface area contributed by atoms with Crippen LogP contribution in [-0.4, -0.2) is 44.7 Å². The third-order valence-corrected chi connectivity index (χ3v) is 6.33. The van der Waals surface area contributed by atoms with Gasteiger partial charge >= 0.3 is 6.03 Å². The molecule has 0 radical (unpaired) electrons. The zero-order valence-electron chi connectivity index (χ0n) is 13.2. The Bertz CT molecular complexity index is 661. The lowest BCUT2D eigenvalue weighted by Crippen LogP contribution is -2.51. The molecule has 1 fully saturated rings. The van der Waals surface area contributed by atoms with E-state index in [1.807, 2.05) is 47.0 Å². The van der Waals surface area contributed by atoms with Crippen LogP contribution in [0, 0.1) is 0 Å². The van der Waals surface area contributed by atoms with E-state index in [0.717, 1.165) is 27.9 Å². The van der Waals surface area contributed by atoms with E-state index in [2.05, 4.69) is 29.4 Å². The van der Waals surface area contributed by atoms with Gasteiger partial charge in [0.15, 0.2) is 0 Å². The molecule has 1 N–H and O–H groups in total. The summed E-state index contributed by atoms with van der Waals surface area (Å²) in [6.07, 6.45) is 0. The molecule has 1 aromatic carbocycles. The van der Waals surface area contributed by atoms with Crippen LogP contribution in [0.15, 0.2) is 30.3 Å². The molecule has 1 aromatic heterocycles. The third kappa shape index (κ3) is 3.84. The summed E-state index contributed by atoms with van der Waals surface area (Å²) in [6, 6.07) is 10.2. The van der Waals surface area contributed by atoms with Crippen molar-refractivity contribution in [3.63, 3.8) is 0 Å². The first-order chi connectivity index (χ1) is 11.1. The normalized spacial score (nSPS) is 21.2. The maximum absolute atomic E-state index is 12.4. The molecule has 122 valence electrons. The smallest absolute Gasteiger partial charge is 0.318 e. The van der Waals surface area contributed by atoms with Gasteiger partial charge in [-0.05, 0) is 6.92 Å². The Kier molecular flexibility index (Phi) is 5.17.